The molecule has 0 amide bonds. The van der Waals surface area contributed by atoms with Crippen molar-refractivity contribution in [1.82, 2.24) is 9.78 Å². The molecule has 1 heterocycles. The number of benzene rings is 2. The van der Waals surface area contributed by atoms with Crippen molar-refractivity contribution in [3.05, 3.63) is 90.8 Å². The molecular weight excluding hydrogens is 518 g/mol. The summed E-state index contributed by atoms with van der Waals surface area (Å²) in [6, 6.07) is 18.7. The van der Waals surface area contributed by atoms with Crippen LogP contribution < -0.4 is 4.31 Å². The lowest BCUT2D eigenvalue weighted by Gasteiger charge is -2.42. The molecule has 0 N–H and O–H groups in total. The van der Waals surface area contributed by atoms with Gasteiger partial charge in [0.15, 0.2) is 0 Å². The molecule has 3 aromatic rings. The third-order valence-corrected chi connectivity index (χ3v) is 11.2. The highest BCUT2D eigenvalue weighted by Gasteiger charge is 2.42. The van der Waals surface area contributed by atoms with Crippen molar-refractivity contribution in [2.45, 2.75) is 68.8 Å². The second-order valence-corrected chi connectivity index (χ2v) is 13.7. The fourth-order valence-electron chi connectivity index (χ4n) is 6.15. The van der Waals surface area contributed by atoms with Crippen LogP contribution >= 0.6 is 0 Å². The number of rotatable bonds is 9. The molecule has 40 heavy (non-hydrogen) atoms. The van der Waals surface area contributed by atoms with E-state index in [0.29, 0.717) is 24.6 Å². The Bertz CT molecular complexity index is 1500. The lowest BCUT2D eigenvalue weighted by atomic mass is 9.81. The van der Waals surface area contributed by atoms with Gasteiger partial charge < -0.3 is 4.74 Å². The zero-order chi connectivity index (χ0) is 27.7. The number of allylic oxidation sites excluding steroid dienone is 2. The lowest BCUT2D eigenvalue weighted by Crippen LogP contribution is -2.52. The van der Waals surface area contributed by atoms with Gasteiger partial charge in [0, 0.05) is 24.8 Å². The first-order valence-electron chi connectivity index (χ1n) is 14.6. The molecule has 2 fully saturated rings. The van der Waals surface area contributed by atoms with Gasteiger partial charge in [-0.3, -0.25) is 8.99 Å². The highest BCUT2D eigenvalue weighted by Crippen LogP contribution is 2.39. The fraction of sp³-hybridized carbons (Fsp3) is 0.424. The Morgan fingerprint density at radius 1 is 0.975 bits per heavy atom. The predicted octanol–water partition coefficient (Wildman–Crippen LogP) is 7.03. The van der Waals surface area contributed by atoms with Gasteiger partial charge in [0.05, 0.1) is 29.7 Å². The van der Waals surface area contributed by atoms with Crippen LogP contribution in [0, 0.1) is 5.92 Å². The van der Waals surface area contributed by atoms with E-state index in [2.05, 4.69) is 48.6 Å². The van der Waals surface area contributed by atoms with Gasteiger partial charge in [-0.2, -0.15) is 5.10 Å². The van der Waals surface area contributed by atoms with Gasteiger partial charge in [0.2, 0.25) is 10.0 Å². The van der Waals surface area contributed by atoms with Crippen molar-refractivity contribution < 1.29 is 13.2 Å². The fourth-order valence-corrected chi connectivity index (χ4v) is 8.23. The van der Waals surface area contributed by atoms with Crippen molar-refractivity contribution in [2.24, 2.45) is 5.92 Å². The van der Waals surface area contributed by atoms with E-state index < -0.39 is 15.6 Å². The maximum absolute atomic E-state index is 14.4. The van der Waals surface area contributed by atoms with Crippen molar-refractivity contribution in [3.63, 3.8) is 0 Å². The number of sulfonamides is 1. The number of hydrogen-bond acceptors (Lipinski definition) is 4. The molecule has 6 nitrogen and oxygen atoms in total. The van der Waals surface area contributed by atoms with E-state index in [1.54, 1.807) is 11.4 Å². The number of nitrogens with zero attached hydrogens (tertiary/aromatic N) is 3. The minimum Gasteiger partial charge on any atom is -0.372 e. The van der Waals surface area contributed by atoms with Gasteiger partial charge in [0.25, 0.3) is 0 Å². The minimum atomic E-state index is -3.63. The molecule has 3 aliphatic carbocycles. The van der Waals surface area contributed by atoms with Crippen molar-refractivity contribution >= 4 is 21.3 Å². The van der Waals surface area contributed by atoms with Crippen LogP contribution in [0.5, 0.6) is 0 Å². The van der Waals surface area contributed by atoms with Crippen molar-refractivity contribution in [1.29, 1.82) is 0 Å². The third-order valence-electron chi connectivity index (χ3n) is 8.89. The highest BCUT2D eigenvalue weighted by atomic mass is 32.2. The zero-order valence-electron chi connectivity index (χ0n) is 23.4. The normalized spacial score (nSPS) is 23.6. The lowest BCUT2D eigenvalue weighted by molar-refractivity contribution is 0.0109. The van der Waals surface area contributed by atoms with Crippen LogP contribution in [0.1, 0.15) is 63.5 Å². The van der Waals surface area contributed by atoms with E-state index >= 15 is 0 Å². The largest absolute Gasteiger partial charge is 0.372 e. The van der Waals surface area contributed by atoms with Crippen LogP contribution in [0.15, 0.2) is 85.2 Å². The summed E-state index contributed by atoms with van der Waals surface area (Å²) in [5, 5.41) is 4.18. The summed E-state index contributed by atoms with van der Waals surface area (Å²) in [5.74, 6) is -0.0401. The number of aromatic nitrogens is 2. The monoisotopic (exact) mass is 557 g/mol. The van der Waals surface area contributed by atoms with E-state index in [1.807, 2.05) is 53.3 Å². The van der Waals surface area contributed by atoms with E-state index in [4.69, 9.17) is 4.74 Å². The first kappa shape index (κ1) is 27.0. The Hall–Kier alpha value is -3.16. The van der Waals surface area contributed by atoms with Gasteiger partial charge >= 0.3 is 0 Å². The highest BCUT2D eigenvalue weighted by molar-refractivity contribution is 7.93. The first-order valence-corrected chi connectivity index (χ1v) is 16.1. The second-order valence-electron chi connectivity index (χ2n) is 11.6. The van der Waals surface area contributed by atoms with Crippen LogP contribution in [0.2, 0.25) is 0 Å². The van der Waals surface area contributed by atoms with E-state index in [9.17, 15) is 8.42 Å². The summed E-state index contributed by atoms with van der Waals surface area (Å²) in [5.41, 5.74) is 4.12. The van der Waals surface area contributed by atoms with Crippen molar-refractivity contribution in [2.75, 3.05) is 18.0 Å². The third kappa shape index (κ3) is 5.29. The molecule has 0 radical (unpaired) electrons. The van der Waals surface area contributed by atoms with Crippen LogP contribution in [-0.4, -0.2) is 42.7 Å². The maximum Gasteiger partial charge on any atom is 0.238 e. The SMILES string of the molecule is COC1(CN(c2cccc(-c3cnn(C4CC4)c3)c2)S(=O)(=O)C2CCCCC2)C=CC(c2ccccc2)=CC1C. The zero-order valence-corrected chi connectivity index (χ0v) is 24.3. The Balaban J connectivity index is 1.36. The molecule has 6 rings (SSSR count). The smallest absolute Gasteiger partial charge is 0.238 e. The summed E-state index contributed by atoms with van der Waals surface area (Å²) in [4.78, 5) is 0. The number of ether oxygens (including phenoxy) is 1. The Kier molecular flexibility index (Phi) is 7.44. The Morgan fingerprint density at radius 3 is 2.42 bits per heavy atom. The van der Waals surface area contributed by atoms with E-state index in [-0.39, 0.29) is 17.7 Å². The van der Waals surface area contributed by atoms with Gasteiger partial charge in [-0.1, -0.05) is 80.8 Å². The van der Waals surface area contributed by atoms with Crippen LogP contribution in [0.25, 0.3) is 16.7 Å². The summed E-state index contributed by atoms with van der Waals surface area (Å²) in [7, 11) is -1.94. The molecule has 0 aliphatic heterocycles. The standard InChI is InChI=1S/C33H39N3O3S/c1-25-20-28(26-10-5-3-6-11-26)18-19-33(25,39-2)24-36(40(37,38)32-14-7-4-8-15-32)31-13-9-12-27(21-31)29-22-34-35(23-29)30-16-17-30/h3,5-6,9-13,18-23,25,30,32H,4,7-8,14-17,24H2,1-2H3. The molecule has 2 atom stereocenters. The molecule has 1 aromatic heterocycles. The predicted molar refractivity (Wildman–Crippen MR) is 162 cm³/mol. The van der Waals surface area contributed by atoms with E-state index in [1.165, 1.54) is 12.8 Å². The molecule has 3 aliphatic rings. The molecule has 210 valence electrons. The molecule has 0 spiro atoms. The van der Waals surface area contributed by atoms with Gasteiger partial charge in [-0.25, -0.2) is 8.42 Å². The molecular formula is C33H39N3O3S. The number of hydrogen-bond donors (Lipinski definition) is 0. The number of anilines is 1. The van der Waals surface area contributed by atoms with Gasteiger partial charge in [0.1, 0.15) is 5.60 Å². The van der Waals surface area contributed by atoms with Crippen LogP contribution in [0.4, 0.5) is 5.69 Å². The molecule has 7 heteroatoms. The average molecular weight is 558 g/mol. The van der Waals surface area contributed by atoms with Crippen LogP contribution in [-0.2, 0) is 14.8 Å². The maximum atomic E-state index is 14.4. The molecule has 2 aromatic carbocycles. The van der Waals surface area contributed by atoms with Crippen LogP contribution in [0.3, 0.4) is 0 Å². The van der Waals surface area contributed by atoms with E-state index in [0.717, 1.165) is 41.5 Å². The van der Waals surface area contributed by atoms with Gasteiger partial charge in [-0.15, -0.1) is 0 Å². The van der Waals surface area contributed by atoms with Gasteiger partial charge in [-0.05, 0) is 60.6 Å². The summed E-state index contributed by atoms with van der Waals surface area (Å²) >= 11 is 0. The average Bonchev–Trinajstić information content (AvgIpc) is 3.73. The Labute approximate surface area is 238 Å². The second kappa shape index (κ2) is 11.0. The summed E-state index contributed by atoms with van der Waals surface area (Å²) in [6.07, 6.45) is 17.0. The molecule has 0 saturated heterocycles. The number of methoxy groups -OCH3 is 1. The summed E-state index contributed by atoms with van der Waals surface area (Å²) in [6.45, 7) is 2.33. The Morgan fingerprint density at radius 2 is 1.73 bits per heavy atom. The molecule has 2 unspecified atom stereocenters. The van der Waals surface area contributed by atoms with Crippen molar-refractivity contribution in [3.8, 4) is 11.1 Å². The molecule has 0 bridgehead atoms. The quantitative estimate of drug-likeness (QED) is 0.283. The molecule has 2 saturated carbocycles. The topological polar surface area (TPSA) is 64.4 Å². The minimum absolute atomic E-state index is 0.0401. The first-order chi connectivity index (χ1) is 19.4. The summed E-state index contributed by atoms with van der Waals surface area (Å²) < 4.78 is 38.6.